The van der Waals surface area contributed by atoms with Crippen LogP contribution in [0.15, 0.2) is 36.4 Å². The van der Waals surface area contributed by atoms with Crippen LogP contribution in [0.2, 0.25) is 5.02 Å². The Morgan fingerprint density at radius 1 is 1.30 bits per heavy atom. The molecule has 2 aromatic carbocycles. The van der Waals surface area contributed by atoms with E-state index in [0.717, 1.165) is 5.56 Å². The molecule has 0 bridgehead atoms. The molecule has 104 valence electrons. The number of aryl methyl sites for hydroxylation is 1. The highest BCUT2D eigenvalue weighted by Gasteiger charge is 2.15. The van der Waals surface area contributed by atoms with E-state index in [4.69, 9.17) is 17.4 Å². The van der Waals surface area contributed by atoms with Crippen molar-refractivity contribution in [2.75, 3.05) is 10.7 Å². The first-order valence-electron chi connectivity index (χ1n) is 5.85. The van der Waals surface area contributed by atoms with Crippen LogP contribution in [-0.2, 0) is 0 Å². The van der Waals surface area contributed by atoms with Gasteiger partial charge in [0.1, 0.15) is 5.82 Å². The Balaban J connectivity index is 2.33. The number of hydrogen-bond acceptors (Lipinski definition) is 3. The molecule has 0 aromatic heterocycles. The quantitative estimate of drug-likeness (QED) is 0.601. The second-order valence-corrected chi connectivity index (χ2v) is 4.65. The van der Waals surface area contributed by atoms with E-state index in [9.17, 15) is 9.18 Å². The third kappa shape index (κ3) is 2.89. The predicted molar refractivity (Wildman–Crippen MR) is 78.4 cm³/mol. The van der Waals surface area contributed by atoms with E-state index in [0.29, 0.717) is 11.3 Å². The fourth-order valence-corrected chi connectivity index (χ4v) is 1.98. The Kier molecular flexibility index (Phi) is 4.22. The van der Waals surface area contributed by atoms with E-state index in [1.165, 1.54) is 18.2 Å². The summed E-state index contributed by atoms with van der Waals surface area (Å²) in [6.07, 6.45) is 0. The minimum Gasteiger partial charge on any atom is -0.323 e. The van der Waals surface area contributed by atoms with Gasteiger partial charge in [0.2, 0.25) is 0 Å². The summed E-state index contributed by atoms with van der Waals surface area (Å²) in [5, 5.41) is 2.58. The van der Waals surface area contributed by atoms with E-state index < -0.39 is 11.7 Å². The van der Waals surface area contributed by atoms with Crippen molar-refractivity contribution in [2.45, 2.75) is 6.92 Å². The van der Waals surface area contributed by atoms with Gasteiger partial charge in [-0.3, -0.25) is 10.6 Å². The van der Waals surface area contributed by atoms with Gasteiger partial charge in [0.05, 0.1) is 22.0 Å². The molecule has 0 atom stereocenters. The molecule has 0 heterocycles. The fraction of sp³-hybridized carbons (Fsp3) is 0.0714. The maximum atomic E-state index is 13.6. The third-order valence-electron chi connectivity index (χ3n) is 2.78. The molecule has 0 unspecified atom stereocenters. The van der Waals surface area contributed by atoms with Crippen molar-refractivity contribution in [2.24, 2.45) is 5.84 Å². The Morgan fingerprint density at radius 3 is 2.70 bits per heavy atom. The number of halogens is 2. The highest BCUT2D eigenvalue weighted by molar-refractivity contribution is 6.34. The first-order chi connectivity index (χ1) is 9.52. The maximum Gasteiger partial charge on any atom is 0.257 e. The lowest BCUT2D eigenvalue weighted by atomic mass is 10.1. The summed E-state index contributed by atoms with van der Waals surface area (Å²) in [5.74, 6) is 4.29. The summed E-state index contributed by atoms with van der Waals surface area (Å²) in [7, 11) is 0. The van der Waals surface area contributed by atoms with Gasteiger partial charge < -0.3 is 10.7 Å². The van der Waals surface area contributed by atoms with Crippen LogP contribution in [0.5, 0.6) is 0 Å². The third-order valence-corrected chi connectivity index (χ3v) is 3.09. The molecule has 0 aliphatic heterocycles. The monoisotopic (exact) mass is 293 g/mol. The van der Waals surface area contributed by atoms with Gasteiger partial charge in [-0.25, -0.2) is 4.39 Å². The molecule has 0 saturated heterocycles. The molecule has 4 N–H and O–H groups in total. The first-order valence-corrected chi connectivity index (χ1v) is 6.23. The van der Waals surface area contributed by atoms with Gasteiger partial charge >= 0.3 is 0 Å². The molecule has 4 nitrogen and oxygen atoms in total. The fourth-order valence-electron chi connectivity index (χ4n) is 1.77. The summed E-state index contributed by atoms with van der Waals surface area (Å²) < 4.78 is 13.6. The minimum absolute atomic E-state index is 0.0530. The summed E-state index contributed by atoms with van der Waals surface area (Å²) >= 11 is 5.86. The molecule has 0 saturated carbocycles. The van der Waals surface area contributed by atoms with Crippen molar-refractivity contribution in [1.82, 2.24) is 0 Å². The van der Waals surface area contributed by atoms with Crippen molar-refractivity contribution < 1.29 is 9.18 Å². The second kappa shape index (κ2) is 5.90. The van der Waals surface area contributed by atoms with Crippen LogP contribution in [0.25, 0.3) is 0 Å². The van der Waals surface area contributed by atoms with Gasteiger partial charge in [0, 0.05) is 0 Å². The number of nitrogens with two attached hydrogens (primary N) is 1. The number of carbonyl (C=O) groups is 1. The number of carbonyl (C=O) groups excluding carboxylic acids is 1. The van der Waals surface area contributed by atoms with Crippen molar-refractivity contribution in [3.05, 3.63) is 58.4 Å². The number of anilines is 2. The molecular formula is C14H13ClFN3O. The first kappa shape index (κ1) is 14.3. The van der Waals surface area contributed by atoms with Crippen molar-refractivity contribution in [1.29, 1.82) is 0 Å². The Hall–Kier alpha value is -2.11. The largest absolute Gasteiger partial charge is 0.323 e. The van der Waals surface area contributed by atoms with Gasteiger partial charge in [0.25, 0.3) is 5.91 Å². The zero-order valence-corrected chi connectivity index (χ0v) is 11.5. The topological polar surface area (TPSA) is 67.2 Å². The van der Waals surface area contributed by atoms with Gasteiger partial charge in [0.15, 0.2) is 0 Å². The molecule has 0 fully saturated rings. The number of rotatable bonds is 3. The minimum atomic E-state index is -0.597. The summed E-state index contributed by atoms with van der Waals surface area (Å²) in [6.45, 7) is 1.87. The average molecular weight is 294 g/mol. The number of nitrogens with one attached hydrogen (secondary N) is 2. The van der Waals surface area contributed by atoms with Crippen LogP contribution in [-0.4, -0.2) is 5.91 Å². The number of hydrazine groups is 1. The number of amides is 1. The Morgan fingerprint density at radius 2 is 2.05 bits per heavy atom. The van der Waals surface area contributed by atoms with Gasteiger partial charge in [-0.05, 0) is 36.8 Å². The molecule has 0 radical (unpaired) electrons. The Bertz CT molecular complexity index is 641. The average Bonchev–Trinajstić information content (AvgIpc) is 2.42. The van der Waals surface area contributed by atoms with Gasteiger partial charge in [-0.2, -0.15) is 0 Å². The van der Waals surface area contributed by atoms with Crippen molar-refractivity contribution in [3.63, 3.8) is 0 Å². The maximum absolute atomic E-state index is 13.6. The van der Waals surface area contributed by atoms with E-state index in [1.807, 2.05) is 6.92 Å². The standard InChI is InChI=1S/C14H13ClFN3O/c1-8-5-6-9(12(7-8)19-17)14(20)18-13-10(15)3-2-4-11(13)16/h2-7,19H,17H2,1H3,(H,18,20). The van der Waals surface area contributed by atoms with Gasteiger partial charge in [-0.15, -0.1) is 0 Å². The van der Waals surface area contributed by atoms with E-state index in [2.05, 4.69) is 10.7 Å². The van der Waals surface area contributed by atoms with Gasteiger partial charge in [-0.1, -0.05) is 23.7 Å². The summed E-state index contributed by atoms with van der Waals surface area (Å²) in [6, 6.07) is 9.27. The lowest BCUT2D eigenvalue weighted by Gasteiger charge is -2.12. The molecule has 2 rings (SSSR count). The lowest BCUT2D eigenvalue weighted by molar-refractivity contribution is 0.102. The second-order valence-electron chi connectivity index (χ2n) is 4.24. The summed E-state index contributed by atoms with van der Waals surface area (Å²) in [4.78, 5) is 12.2. The number of hydrogen-bond donors (Lipinski definition) is 3. The molecule has 20 heavy (non-hydrogen) atoms. The predicted octanol–water partition coefficient (Wildman–Crippen LogP) is 3.33. The Labute approximate surface area is 120 Å². The molecule has 0 aliphatic rings. The smallest absolute Gasteiger partial charge is 0.257 e. The van der Waals surface area contributed by atoms with Crippen LogP contribution in [0.4, 0.5) is 15.8 Å². The molecule has 1 amide bonds. The van der Waals surface area contributed by atoms with Crippen LogP contribution >= 0.6 is 11.6 Å². The molecular weight excluding hydrogens is 281 g/mol. The summed E-state index contributed by atoms with van der Waals surface area (Å²) in [5.41, 5.74) is 4.09. The molecule has 0 aliphatic carbocycles. The van der Waals surface area contributed by atoms with Crippen LogP contribution in [0, 0.1) is 12.7 Å². The SMILES string of the molecule is Cc1ccc(C(=O)Nc2c(F)cccc2Cl)c(NN)c1. The molecule has 6 heteroatoms. The normalized spacial score (nSPS) is 10.2. The van der Waals surface area contributed by atoms with Crippen molar-refractivity contribution in [3.8, 4) is 0 Å². The highest BCUT2D eigenvalue weighted by Crippen LogP contribution is 2.26. The number of benzene rings is 2. The number of para-hydroxylation sites is 1. The highest BCUT2D eigenvalue weighted by atomic mass is 35.5. The lowest BCUT2D eigenvalue weighted by Crippen LogP contribution is -2.18. The molecule has 0 spiro atoms. The zero-order valence-electron chi connectivity index (χ0n) is 10.7. The van der Waals surface area contributed by atoms with E-state index in [-0.39, 0.29) is 10.7 Å². The number of nitrogen functional groups attached to an aromatic ring is 1. The van der Waals surface area contributed by atoms with Crippen molar-refractivity contribution >= 4 is 28.9 Å². The van der Waals surface area contributed by atoms with Crippen LogP contribution < -0.4 is 16.6 Å². The van der Waals surface area contributed by atoms with Crippen LogP contribution in [0.1, 0.15) is 15.9 Å². The van der Waals surface area contributed by atoms with E-state index in [1.54, 1.807) is 18.2 Å². The van der Waals surface area contributed by atoms with E-state index >= 15 is 0 Å². The van der Waals surface area contributed by atoms with Crippen LogP contribution in [0.3, 0.4) is 0 Å². The zero-order chi connectivity index (χ0) is 14.7. The molecule has 2 aromatic rings.